The van der Waals surface area contributed by atoms with Crippen molar-refractivity contribution in [1.82, 2.24) is 0 Å². The van der Waals surface area contributed by atoms with Crippen molar-refractivity contribution in [3.05, 3.63) is 60.2 Å². The molecule has 0 radical (unpaired) electrons. The van der Waals surface area contributed by atoms with Crippen molar-refractivity contribution in [1.29, 1.82) is 0 Å². The van der Waals surface area contributed by atoms with Gasteiger partial charge in [0.05, 0.1) is 6.42 Å². The molecular formula is C18H18F3NO3. The van der Waals surface area contributed by atoms with E-state index in [2.05, 4.69) is 5.32 Å². The van der Waals surface area contributed by atoms with Crippen LogP contribution in [0.15, 0.2) is 54.6 Å². The van der Waals surface area contributed by atoms with E-state index in [4.69, 9.17) is 4.74 Å². The third-order valence-electron chi connectivity index (χ3n) is 3.50. The van der Waals surface area contributed by atoms with Gasteiger partial charge in [-0.2, -0.15) is 13.2 Å². The molecule has 4 nitrogen and oxygen atoms in total. The van der Waals surface area contributed by atoms with Crippen LogP contribution in [0.1, 0.15) is 18.9 Å². The Kier molecular flexibility index (Phi) is 5.69. The molecule has 0 heterocycles. The van der Waals surface area contributed by atoms with E-state index in [1.165, 1.54) is 12.1 Å². The van der Waals surface area contributed by atoms with E-state index in [1.807, 2.05) is 30.3 Å². The second-order valence-electron chi connectivity index (χ2n) is 5.80. The van der Waals surface area contributed by atoms with E-state index in [0.717, 1.165) is 5.56 Å². The van der Waals surface area contributed by atoms with Crippen molar-refractivity contribution in [2.45, 2.75) is 31.7 Å². The lowest BCUT2D eigenvalue weighted by Gasteiger charge is -2.25. The Hall–Kier alpha value is -2.54. The fourth-order valence-corrected chi connectivity index (χ4v) is 1.99. The van der Waals surface area contributed by atoms with Gasteiger partial charge in [-0.25, -0.2) is 0 Å². The van der Waals surface area contributed by atoms with Crippen LogP contribution in [0, 0.1) is 0 Å². The number of hydrogen-bond acceptors (Lipinski definition) is 3. The van der Waals surface area contributed by atoms with Gasteiger partial charge < -0.3 is 15.2 Å². The Bertz CT molecular complexity index is 698. The van der Waals surface area contributed by atoms with Crippen LogP contribution < -0.4 is 10.1 Å². The molecule has 1 atom stereocenters. The summed E-state index contributed by atoms with van der Waals surface area (Å²) in [5.74, 6) is -0.371. The van der Waals surface area contributed by atoms with Gasteiger partial charge in [-0.3, -0.25) is 4.79 Å². The number of rotatable bonds is 6. The molecule has 25 heavy (non-hydrogen) atoms. The van der Waals surface area contributed by atoms with Gasteiger partial charge in [0.25, 0.3) is 0 Å². The molecule has 0 saturated heterocycles. The lowest BCUT2D eigenvalue weighted by atomic mass is 10.0. The molecule has 0 spiro atoms. The van der Waals surface area contributed by atoms with Gasteiger partial charge in [0.15, 0.2) is 5.60 Å². The van der Waals surface area contributed by atoms with Gasteiger partial charge >= 0.3 is 6.18 Å². The van der Waals surface area contributed by atoms with Gasteiger partial charge in [0, 0.05) is 5.69 Å². The maximum absolute atomic E-state index is 12.6. The summed E-state index contributed by atoms with van der Waals surface area (Å²) < 4.78 is 43.3. The van der Waals surface area contributed by atoms with Crippen molar-refractivity contribution in [2.24, 2.45) is 0 Å². The molecule has 2 aromatic rings. The van der Waals surface area contributed by atoms with Gasteiger partial charge in [-0.15, -0.1) is 0 Å². The minimum absolute atomic E-state index is 0.315. The van der Waals surface area contributed by atoms with Gasteiger partial charge in [-0.05, 0) is 36.8 Å². The Morgan fingerprint density at radius 3 is 2.24 bits per heavy atom. The molecule has 0 fully saturated rings. The molecule has 7 heteroatoms. The summed E-state index contributed by atoms with van der Waals surface area (Å²) in [5.41, 5.74) is -1.76. The van der Waals surface area contributed by atoms with Gasteiger partial charge in [0.1, 0.15) is 12.4 Å². The Labute approximate surface area is 143 Å². The molecule has 0 unspecified atom stereocenters. The maximum atomic E-state index is 12.6. The summed E-state index contributed by atoms with van der Waals surface area (Å²) in [6.07, 6.45) is -5.96. The molecular weight excluding hydrogens is 335 g/mol. The quantitative estimate of drug-likeness (QED) is 0.828. The van der Waals surface area contributed by atoms with E-state index in [0.29, 0.717) is 25.0 Å². The van der Waals surface area contributed by atoms with Crippen molar-refractivity contribution < 1.29 is 27.8 Å². The normalized spacial score (nSPS) is 13.8. The van der Waals surface area contributed by atoms with Crippen molar-refractivity contribution in [3.63, 3.8) is 0 Å². The molecule has 0 aromatic heterocycles. The lowest BCUT2D eigenvalue weighted by Crippen LogP contribution is -2.44. The van der Waals surface area contributed by atoms with Gasteiger partial charge in [-0.1, -0.05) is 30.3 Å². The minimum atomic E-state index is -4.88. The van der Waals surface area contributed by atoms with E-state index in [9.17, 15) is 23.1 Å². The SMILES string of the molecule is C[C@@](O)(CC(=O)Nc1ccc(OCc2ccccc2)cc1)C(F)(F)F. The molecule has 2 rings (SSSR count). The highest BCUT2D eigenvalue weighted by atomic mass is 19.4. The number of carbonyl (C=O) groups is 1. The van der Waals surface area contributed by atoms with E-state index in [1.54, 1.807) is 12.1 Å². The van der Waals surface area contributed by atoms with Gasteiger partial charge in [0.2, 0.25) is 5.91 Å². The highest BCUT2D eigenvalue weighted by Crippen LogP contribution is 2.32. The molecule has 0 saturated carbocycles. The Morgan fingerprint density at radius 2 is 1.68 bits per heavy atom. The van der Waals surface area contributed by atoms with Crippen LogP contribution in [0.5, 0.6) is 5.75 Å². The fraction of sp³-hybridized carbons (Fsp3) is 0.278. The molecule has 0 aliphatic carbocycles. The van der Waals surface area contributed by atoms with E-state index in [-0.39, 0.29) is 0 Å². The molecule has 0 bridgehead atoms. The number of benzene rings is 2. The number of alkyl halides is 3. The number of ether oxygens (including phenoxy) is 1. The van der Waals surface area contributed by atoms with Crippen molar-refractivity contribution in [3.8, 4) is 5.75 Å². The highest BCUT2D eigenvalue weighted by molar-refractivity contribution is 5.91. The first kappa shape index (κ1) is 18.8. The molecule has 1 amide bonds. The van der Waals surface area contributed by atoms with Crippen LogP contribution in [-0.2, 0) is 11.4 Å². The summed E-state index contributed by atoms with van der Waals surface area (Å²) in [7, 11) is 0. The fourth-order valence-electron chi connectivity index (χ4n) is 1.99. The predicted molar refractivity (Wildman–Crippen MR) is 87.1 cm³/mol. The summed E-state index contributed by atoms with van der Waals surface area (Å²) in [6.45, 7) is 0.939. The second kappa shape index (κ2) is 7.57. The Morgan fingerprint density at radius 1 is 1.08 bits per heavy atom. The molecule has 0 aliphatic rings. The zero-order chi connectivity index (χ0) is 18.5. The third-order valence-corrected chi connectivity index (χ3v) is 3.50. The smallest absolute Gasteiger partial charge is 0.417 e. The average molecular weight is 353 g/mol. The van der Waals surface area contributed by atoms with Crippen molar-refractivity contribution in [2.75, 3.05) is 5.32 Å². The maximum Gasteiger partial charge on any atom is 0.417 e. The van der Waals surface area contributed by atoms with Crippen LogP contribution in [-0.4, -0.2) is 22.8 Å². The molecule has 0 aliphatic heterocycles. The first-order valence-electron chi connectivity index (χ1n) is 7.53. The average Bonchev–Trinajstić information content (AvgIpc) is 2.53. The monoisotopic (exact) mass is 353 g/mol. The summed E-state index contributed by atoms with van der Waals surface area (Å²) in [6, 6.07) is 15.8. The number of carbonyl (C=O) groups excluding carboxylic acids is 1. The molecule has 2 N–H and O–H groups in total. The molecule has 134 valence electrons. The first-order chi connectivity index (χ1) is 11.7. The van der Waals surface area contributed by atoms with E-state index >= 15 is 0 Å². The van der Waals surface area contributed by atoms with Crippen molar-refractivity contribution >= 4 is 11.6 Å². The van der Waals surface area contributed by atoms with Crippen LogP contribution in [0.2, 0.25) is 0 Å². The van der Waals surface area contributed by atoms with Crippen LogP contribution in [0.25, 0.3) is 0 Å². The summed E-state index contributed by atoms with van der Waals surface area (Å²) in [5, 5.41) is 11.6. The summed E-state index contributed by atoms with van der Waals surface area (Å²) in [4.78, 5) is 11.7. The zero-order valence-electron chi connectivity index (χ0n) is 13.5. The second-order valence-corrected chi connectivity index (χ2v) is 5.80. The van der Waals surface area contributed by atoms with Crippen LogP contribution >= 0.6 is 0 Å². The number of nitrogens with one attached hydrogen (secondary N) is 1. The number of aliphatic hydroxyl groups is 1. The number of hydrogen-bond donors (Lipinski definition) is 2. The third kappa shape index (κ3) is 5.49. The lowest BCUT2D eigenvalue weighted by molar-refractivity contribution is -0.252. The highest BCUT2D eigenvalue weighted by Gasteiger charge is 2.50. The zero-order valence-corrected chi connectivity index (χ0v) is 13.5. The summed E-state index contributed by atoms with van der Waals surface area (Å²) >= 11 is 0. The van der Waals surface area contributed by atoms with E-state index < -0.39 is 24.1 Å². The number of amides is 1. The predicted octanol–water partition coefficient (Wildman–Crippen LogP) is 3.91. The number of anilines is 1. The first-order valence-corrected chi connectivity index (χ1v) is 7.53. The topological polar surface area (TPSA) is 58.6 Å². The number of halogens is 3. The Balaban J connectivity index is 1.88. The standard InChI is InChI=1S/C18H18F3NO3/c1-17(24,18(19,20)21)11-16(23)22-14-7-9-15(10-8-14)25-12-13-5-3-2-4-6-13/h2-10,24H,11-12H2,1H3,(H,22,23)/t17-/m1/s1. The molecule has 2 aromatic carbocycles. The largest absolute Gasteiger partial charge is 0.489 e. The van der Waals surface area contributed by atoms with Crippen LogP contribution in [0.4, 0.5) is 18.9 Å². The van der Waals surface area contributed by atoms with Crippen LogP contribution in [0.3, 0.4) is 0 Å². The minimum Gasteiger partial charge on any atom is -0.489 e.